The van der Waals surface area contributed by atoms with E-state index in [4.69, 9.17) is 0 Å². The average Bonchev–Trinajstić information content (AvgIpc) is 2.74. The molecule has 6 nitrogen and oxygen atoms in total. The van der Waals surface area contributed by atoms with E-state index in [1.807, 2.05) is 13.8 Å². The minimum absolute atomic E-state index is 0.0135. The molecule has 0 amide bonds. The van der Waals surface area contributed by atoms with Crippen molar-refractivity contribution < 1.29 is 18.3 Å². The fourth-order valence-electron chi connectivity index (χ4n) is 1.96. The standard InChI is InChI=1S/C12H20N2O4S/c1-4-9-11(12(15)16)10(5-2)14(13-9)7-8-19(17,18)6-3/h4-8H2,1-3H3,(H,15,16). The van der Waals surface area contributed by atoms with Crippen molar-refractivity contribution in [2.45, 2.75) is 40.2 Å². The zero-order valence-electron chi connectivity index (χ0n) is 11.5. The monoisotopic (exact) mass is 288 g/mol. The van der Waals surface area contributed by atoms with Gasteiger partial charge in [0.15, 0.2) is 9.84 Å². The third-order valence-electron chi connectivity index (χ3n) is 3.07. The van der Waals surface area contributed by atoms with Crippen LogP contribution in [0.4, 0.5) is 0 Å². The van der Waals surface area contributed by atoms with Crippen LogP contribution in [0.1, 0.15) is 42.5 Å². The first-order chi connectivity index (χ1) is 8.86. The van der Waals surface area contributed by atoms with Crippen LogP contribution in [-0.2, 0) is 29.2 Å². The van der Waals surface area contributed by atoms with E-state index < -0.39 is 15.8 Å². The third kappa shape index (κ3) is 3.56. The summed E-state index contributed by atoms with van der Waals surface area (Å²) in [6.07, 6.45) is 1.03. The lowest BCUT2D eigenvalue weighted by Crippen LogP contribution is -2.17. The Morgan fingerprint density at radius 3 is 2.32 bits per heavy atom. The van der Waals surface area contributed by atoms with Crippen LogP contribution in [0.5, 0.6) is 0 Å². The van der Waals surface area contributed by atoms with Gasteiger partial charge in [-0.2, -0.15) is 5.10 Å². The summed E-state index contributed by atoms with van der Waals surface area (Å²) in [5.41, 5.74) is 1.33. The van der Waals surface area contributed by atoms with Crippen LogP contribution in [0.25, 0.3) is 0 Å². The number of aryl methyl sites for hydroxylation is 2. The molecule has 0 saturated carbocycles. The Bertz CT molecular complexity index is 561. The largest absolute Gasteiger partial charge is 0.478 e. The molecule has 1 heterocycles. The molecule has 0 unspecified atom stereocenters. The van der Waals surface area contributed by atoms with Crippen LogP contribution in [0.15, 0.2) is 0 Å². The van der Waals surface area contributed by atoms with Crippen LogP contribution in [0.2, 0.25) is 0 Å². The number of aromatic carboxylic acids is 1. The number of rotatable bonds is 7. The van der Waals surface area contributed by atoms with Crippen molar-refractivity contribution in [1.82, 2.24) is 9.78 Å². The summed E-state index contributed by atoms with van der Waals surface area (Å²) < 4.78 is 24.5. The SMILES string of the molecule is CCc1nn(CCS(=O)(=O)CC)c(CC)c1C(=O)O. The van der Waals surface area contributed by atoms with Crippen molar-refractivity contribution in [2.24, 2.45) is 0 Å². The zero-order chi connectivity index (χ0) is 14.6. The van der Waals surface area contributed by atoms with Gasteiger partial charge in [-0.3, -0.25) is 4.68 Å². The molecule has 0 aromatic carbocycles. The van der Waals surface area contributed by atoms with Crippen molar-refractivity contribution in [3.05, 3.63) is 17.0 Å². The first-order valence-electron chi connectivity index (χ1n) is 6.38. The van der Waals surface area contributed by atoms with Crippen LogP contribution in [0, 0.1) is 0 Å². The number of nitrogens with zero attached hydrogens (tertiary/aromatic N) is 2. The first kappa shape index (κ1) is 15.7. The topological polar surface area (TPSA) is 89.3 Å². The van der Waals surface area contributed by atoms with Gasteiger partial charge in [-0.25, -0.2) is 13.2 Å². The maximum absolute atomic E-state index is 11.5. The Labute approximate surface area is 113 Å². The predicted molar refractivity (Wildman–Crippen MR) is 72.3 cm³/mol. The Balaban J connectivity index is 3.11. The van der Waals surface area contributed by atoms with Gasteiger partial charge >= 0.3 is 5.97 Å². The molecule has 19 heavy (non-hydrogen) atoms. The molecule has 0 radical (unpaired) electrons. The molecule has 0 atom stereocenters. The first-order valence-corrected chi connectivity index (χ1v) is 8.20. The van der Waals surface area contributed by atoms with E-state index in [-0.39, 0.29) is 23.6 Å². The van der Waals surface area contributed by atoms with Gasteiger partial charge in [0.05, 0.1) is 23.7 Å². The van der Waals surface area contributed by atoms with Gasteiger partial charge in [-0.05, 0) is 12.8 Å². The highest BCUT2D eigenvalue weighted by Gasteiger charge is 2.21. The van der Waals surface area contributed by atoms with Crippen LogP contribution in [0.3, 0.4) is 0 Å². The molecule has 0 fully saturated rings. The lowest BCUT2D eigenvalue weighted by Gasteiger charge is -2.06. The predicted octanol–water partition coefficient (Wildman–Crippen LogP) is 1.14. The van der Waals surface area contributed by atoms with Crippen LogP contribution < -0.4 is 0 Å². The van der Waals surface area contributed by atoms with E-state index in [1.165, 1.54) is 4.68 Å². The molecule has 0 saturated heterocycles. The van der Waals surface area contributed by atoms with Gasteiger partial charge in [-0.1, -0.05) is 20.8 Å². The highest BCUT2D eigenvalue weighted by Crippen LogP contribution is 2.16. The Kier molecular flexibility index (Phi) is 5.11. The number of carboxylic acid groups (broad SMARTS) is 1. The highest BCUT2D eigenvalue weighted by atomic mass is 32.2. The molecular formula is C12H20N2O4S. The summed E-state index contributed by atoms with van der Waals surface area (Å²) in [7, 11) is -3.08. The maximum Gasteiger partial charge on any atom is 0.339 e. The molecule has 1 N–H and O–H groups in total. The summed E-state index contributed by atoms with van der Waals surface area (Å²) in [5, 5.41) is 13.5. The fraction of sp³-hybridized carbons (Fsp3) is 0.667. The number of carbonyl (C=O) groups is 1. The molecule has 1 aromatic rings. The minimum Gasteiger partial charge on any atom is -0.478 e. The molecule has 0 aliphatic rings. The molecule has 0 aliphatic carbocycles. The summed E-state index contributed by atoms with van der Waals surface area (Å²) >= 11 is 0. The number of carboxylic acids is 1. The van der Waals surface area contributed by atoms with Gasteiger partial charge in [-0.15, -0.1) is 0 Å². The Morgan fingerprint density at radius 1 is 1.26 bits per heavy atom. The molecule has 1 aromatic heterocycles. The zero-order valence-corrected chi connectivity index (χ0v) is 12.3. The van der Waals surface area contributed by atoms with Crippen molar-refractivity contribution in [3.8, 4) is 0 Å². The third-order valence-corrected chi connectivity index (χ3v) is 4.75. The molecule has 0 bridgehead atoms. The second kappa shape index (κ2) is 6.18. The van der Waals surface area contributed by atoms with Gasteiger partial charge in [0, 0.05) is 5.75 Å². The Morgan fingerprint density at radius 2 is 1.89 bits per heavy atom. The summed E-state index contributed by atoms with van der Waals surface area (Å²) in [6.45, 7) is 5.48. The van der Waals surface area contributed by atoms with Crippen molar-refractivity contribution in [1.29, 1.82) is 0 Å². The van der Waals surface area contributed by atoms with Gasteiger partial charge < -0.3 is 5.11 Å². The van der Waals surface area contributed by atoms with Crippen molar-refractivity contribution >= 4 is 15.8 Å². The molecule has 1 rings (SSSR count). The summed E-state index contributed by atoms with van der Waals surface area (Å²) in [6, 6.07) is 0. The van der Waals surface area contributed by atoms with Gasteiger partial charge in [0.25, 0.3) is 0 Å². The second-order valence-electron chi connectivity index (χ2n) is 4.24. The van der Waals surface area contributed by atoms with E-state index in [9.17, 15) is 18.3 Å². The van der Waals surface area contributed by atoms with Crippen molar-refractivity contribution in [3.63, 3.8) is 0 Å². The van der Waals surface area contributed by atoms with Crippen LogP contribution >= 0.6 is 0 Å². The number of sulfone groups is 1. The van der Waals surface area contributed by atoms with Gasteiger partial charge in [0.1, 0.15) is 5.56 Å². The number of hydrogen-bond acceptors (Lipinski definition) is 4. The molecular weight excluding hydrogens is 268 g/mol. The normalized spacial score (nSPS) is 11.7. The molecule has 7 heteroatoms. The van der Waals surface area contributed by atoms with Gasteiger partial charge in [0.2, 0.25) is 0 Å². The lowest BCUT2D eigenvalue weighted by atomic mass is 10.1. The van der Waals surface area contributed by atoms with E-state index in [2.05, 4.69) is 5.10 Å². The second-order valence-corrected chi connectivity index (χ2v) is 6.71. The Hall–Kier alpha value is -1.37. The number of aromatic nitrogens is 2. The molecule has 108 valence electrons. The maximum atomic E-state index is 11.5. The van der Waals surface area contributed by atoms with Crippen LogP contribution in [-0.4, -0.2) is 40.8 Å². The van der Waals surface area contributed by atoms with E-state index in [1.54, 1.807) is 6.92 Å². The molecule has 0 spiro atoms. The van der Waals surface area contributed by atoms with E-state index in [0.717, 1.165) is 0 Å². The molecule has 0 aliphatic heterocycles. The minimum atomic E-state index is -3.08. The smallest absolute Gasteiger partial charge is 0.339 e. The summed E-state index contributed by atoms with van der Waals surface area (Å²) in [4.78, 5) is 11.3. The fourth-order valence-corrected chi connectivity index (χ4v) is 2.70. The number of hydrogen-bond donors (Lipinski definition) is 1. The average molecular weight is 288 g/mol. The van der Waals surface area contributed by atoms with E-state index >= 15 is 0 Å². The van der Waals surface area contributed by atoms with E-state index in [0.29, 0.717) is 24.2 Å². The lowest BCUT2D eigenvalue weighted by molar-refractivity contribution is 0.0694. The highest BCUT2D eigenvalue weighted by molar-refractivity contribution is 7.91. The summed E-state index contributed by atoms with van der Waals surface area (Å²) in [5.74, 6) is -0.930. The quantitative estimate of drug-likeness (QED) is 0.812. The van der Waals surface area contributed by atoms with Crippen molar-refractivity contribution in [2.75, 3.05) is 11.5 Å².